The molecule has 0 aromatic heterocycles. The van der Waals surface area contributed by atoms with Crippen molar-refractivity contribution in [3.8, 4) is 0 Å². The van der Waals surface area contributed by atoms with Gasteiger partial charge in [0.2, 0.25) is 0 Å². The monoisotopic (exact) mass is 269 g/mol. The first-order chi connectivity index (χ1) is 8.23. The van der Waals surface area contributed by atoms with Crippen molar-refractivity contribution in [2.75, 3.05) is 32.8 Å². The molecule has 18 heavy (non-hydrogen) atoms. The summed E-state index contributed by atoms with van der Waals surface area (Å²) in [7, 11) is 0. The van der Waals surface area contributed by atoms with Gasteiger partial charge in [-0.3, -0.25) is 14.5 Å². The highest BCUT2D eigenvalue weighted by atomic mass is 19.4. The summed E-state index contributed by atoms with van der Waals surface area (Å²) in [6.45, 7) is 4.66. The number of nitrogens with one attached hydrogen (secondary N) is 2. The molecule has 0 aromatic rings. The van der Waals surface area contributed by atoms with Crippen LogP contribution in [0.4, 0.5) is 13.2 Å². The molecule has 1 amide bonds. The Kier molecular flexibility index (Phi) is 4.94. The number of carbonyl (C=O) groups is 1. The fourth-order valence-electron chi connectivity index (χ4n) is 1.68. The Morgan fingerprint density at radius 1 is 1.33 bits per heavy atom. The van der Waals surface area contributed by atoms with Gasteiger partial charge in [-0.05, 0) is 13.8 Å². The Morgan fingerprint density at radius 3 is 2.39 bits per heavy atom. The van der Waals surface area contributed by atoms with Crippen LogP contribution in [0.15, 0.2) is 0 Å². The van der Waals surface area contributed by atoms with Crippen LogP contribution in [-0.4, -0.2) is 55.3 Å². The topological polar surface area (TPSA) is 53.6 Å². The molecule has 0 radical (unpaired) electrons. The van der Waals surface area contributed by atoms with Crippen molar-refractivity contribution in [3.63, 3.8) is 0 Å². The van der Waals surface area contributed by atoms with Crippen LogP contribution in [0, 0.1) is 0 Å². The van der Waals surface area contributed by atoms with E-state index in [2.05, 4.69) is 10.2 Å². The lowest BCUT2D eigenvalue weighted by molar-refractivity contribution is -0.194. The van der Waals surface area contributed by atoms with Crippen molar-refractivity contribution in [3.05, 3.63) is 0 Å². The van der Waals surface area contributed by atoms with Gasteiger partial charge in [0.15, 0.2) is 6.61 Å². The van der Waals surface area contributed by atoms with E-state index >= 15 is 0 Å². The quantitative estimate of drug-likeness (QED) is 0.720. The lowest BCUT2D eigenvalue weighted by Gasteiger charge is -2.39. The summed E-state index contributed by atoms with van der Waals surface area (Å²) in [5, 5.41) is 3.14. The van der Waals surface area contributed by atoms with Crippen LogP contribution in [0.1, 0.15) is 13.8 Å². The first-order valence-corrected chi connectivity index (χ1v) is 5.68. The van der Waals surface area contributed by atoms with Crippen LogP contribution >= 0.6 is 0 Å². The van der Waals surface area contributed by atoms with Crippen molar-refractivity contribution in [1.29, 1.82) is 0 Å². The molecular weight excluding hydrogens is 251 g/mol. The van der Waals surface area contributed by atoms with Crippen LogP contribution in [-0.2, 0) is 9.63 Å². The molecule has 0 saturated carbocycles. The second kappa shape index (κ2) is 5.85. The normalized spacial score (nSPS) is 18.7. The number of hydrogen-bond acceptors (Lipinski definition) is 4. The van der Waals surface area contributed by atoms with Crippen molar-refractivity contribution < 1.29 is 22.8 Å². The van der Waals surface area contributed by atoms with E-state index in [-0.39, 0.29) is 0 Å². The smallest absolute Gasteiger partial charge is 0.314 e. The van der Waals surface area contributed by atoms with Crippen molar-refractivity contribution >= 4 is 5.91 Å². The minimum Gasteiger partial charge on any atom is -0.314 e. The molecule has 8 heteroatoms. The third-order valence-corrected chi connectivity index (χ3v) is 2.86. The van der Waals surface area contributed by atoms with Gasteiger partial charge in [-0.15, -0.1) is 0 Å². The van der Waals surface area contributed by atoms with Gasteiger partial charge in [0, 0.05) is 26.2 Å². The number of halogens is 3. The Morgan fingerprint density at radius 2 is 1.89 bits per heavy atom. The van der Waals surface area contributed by atoms with Crippen molar-refractivity contribution in [2.24, 2.45) is 0 Å². The van der Waals surface area contributed by atoms with Crippen LogP contribution in [0.5, 0.6) is 0 Å². The molecule has 1 rings (SSSR count). The second-order valence-corrected chi connectivity index (χ2v) is 4.63. The van der Waals surface area contributed by atoms with Gasteiger partial charge in [-0.25, -0.2) is 5.48 Å². The number of hydrogen-bond donors (Lipinski definition) is 2. The number of rotatable bonds is 4. The molecule has 2 N–H and O–H groups in total. The van der Waals surface area contributed by atoms with E-state index in [4.69, 9.17) is 0 Å². The molecule has 0 aromatic carbocycles. The van der Waals surface area contributed by atoms with E-state index in [1.165, 1.54) is 0 Å². The number of carbonyl (C=O) groups excluding carboxylic acids is 1. The summed E-state index contributed by atoms with van der Waals surface area (Å²) < 4.78 is 35.6. The van der Waals surface area contributed by atoms with Crippen LogP contribution in [0.25, 0.3) is 0 Å². The number of piperazine rings is 1. The van der Waals surface area contributed by atoms with E-state index in [1.807, 2.05) is 10.4 Å². The summed E-state index contributed by atoms with van der Waals surface area (Å²) >= 11 is 0. The minimum atomic E-state index is -4.45. The summed E-state index contributed by atoms with van der Waals surface area (Å²) in [5.74, 6) is -0.575. The Labute approximate surface area is 104 Å². The van der Waals surface area contributed by atoms with Gasteiger partial charge < -0.3 is 5.32 Å². The third kappa shape index (κ3) is 4.43. The number of alkyl halides is 3. The third-order valence-electron chi connectivity index (χ3n) is 2.86. The molecule has 1 heterocycles. The van der Waals surface area contributed by atoms with Crippen LogP contribution in [0.3, 0.4) is 0 Å². The highest BCUT2D eigenvalue weighted by Gasteiger charge is 2.36. The van der Waals surface area contributed by atoms with E-state index < -0.39 is 24.2 Å². The zero-order valence-corrected chi connectivity index (χ0v) is 10.4. The Bertz CT molecular complexity index is 289. The molecule has 0 atom stereocenters. The van der Waals surface area contributed by atoms with Crippen LogP contribution in [0.2, 0.25) is 0 Å². The largest absolute Gasteiger partial charge is 0.414 e. The standard InChI is InChI=1S/C10H18F3N3O2/c1-9(2,16-5-3-14-4-6-16)8(17)15-18-7-10(11,12)13/h14H,3-7H2,1-2H3,(H,15,17). The molecule has 5 nitrogen and oxygen atoms in total. The lowest BCUT2D eigenvalue weighted by atomic mass is 10.0. The molecule has 0 aliphatic carbocycles. The van der Waals surface area contributed by atoms with Gasteiger partial charge in [-0.1, -0.05) is 0 Å². The zero-order chi connectivity index (χ0) is 13.8. The first kappa shape index (κ1) is 15.2. The molecule has 1 saturated heterocycles. The molecule has 1 aliphatic heterocycles. The minimum absolute atomic E-state index is 0.575. The van der Waals surface area contributed by atoms with E-state index in [1.54, 1.807) is 13.8 Å². The Balaban J connectivity index is 2.43. The Hall–Kier alpha value is -0.860. The van der Waals surface area contributed by atoms with Gasteiger partial charge in [0.25, 0.3) is 5.91 Å². The van der Waals surface area contributed by atoms with E-state index in [0.29, 0.717) is 13.1 Å². The summed E-state index contributed by atoms with van der Waals surface area (Å²) in [6.07, 6.45) is -4.45. The molecule has 1 fully saturated rings. The van der Waals surface area contributed by atoms with Gasteiger partial charge in [0.1, 0.15) is 0 Å². The SMILES string of the molecule is CC(C)(C(=O)NOCC(F)(F)F)N1CCNCC1. The maximum absolute atomic E-state index is 11.9. The number of hydroxylamine groups is 1. The highest BCUT2D eigenvalue weighted by Crippen LogP contribution is 2.16. The maximum atomic E-state index is 11.9. The van der Waals surface area contributed by atoms with Gasteiger partial charge in [0.05, 0.1) is 5.54 Å². The van der Waals surface area contributed by atoms with Crippen molar-refractivity contribution in [1.82, 2.24) is 15.7 Å². The molecule has 0 unspecified atom stereocenters. The van der Waals surface area contributed by atoms with Crippen LogP contribution < -0.4 is 10.8 Å². The zero-order valence-electron chi connectivity index (χ0n) is 10.4. The summed E-state index contributed by atoms with van der Waals surface area (Å²) in [5.41, 5.74) is 0.961. The summed E-state index contributed by atoms with van der Waals surface area (Å²) in [4.78, 5) is 17.9. The molecule has 0 bridgehead atoms. The maximum Gasteiger partial charge on any atom is 0.414 e. The van der Waals surface area contributed by atoms with E-state index in [0.717, 1.165) is 13.1 Å². The molecule has 1 aliphatic rings. The molecule has 106 valence electrons. The predicted octanol–water partition coefficient (Wildman–Crippen LogP) is 0.280. The number of nitrogens with zero attached hydrogens (tertiary/aromatic N) is 1. The average Bonchev–Trinajstić information content (AvgIpc) is 2.28. The molecule has 0 spiro atoms. The fraction of sp³-hybridized carbons (Fsp3) is 0.900. The summed E-state index contributed by atoms with van der Waals surface area (Å²) in [6, 6.07) is 0. The van der Waals surface area contributed by atoms with E-state index in [9.17, 15) is 18.0 Å². The second-order valence-electron chi connectivity index (χ2n) is 4.63. The lowest BCUT2D eigenvalue weighted by Crippen LogP contribution is -2.60. The fourth-order valence-corrected chi connectivity index (χ4v) is 1.68. The van der Waals surface area contributed by atoms with Gasteiger partial charge in [-0.2, -0.15) is 13.2 Å². The first-order valence-electron chi connectivity index (χ1n) is 5.68. The highest BCUT2D eigenvalue weighted by molar-refractivity contribution is 5.84. The molecular formula is C10H18F3N3O2. The van der Waals surface area contributed by atoms with Crippen molar-refractivity contribution in [2.45, 2.75) is 25.6 Å². The average molecular weight is 269 g/mol. The van der Waals surface area contributed by atoms with Gasteiger partial charge >= 0.3 is 6.18 Å². The predicted molar refractivity (Wildman–Crippen MR) is 58.7 cm³/mol. The number of amides is 1.